The lowest BCUT2D eigenvalue weighted by Gasteiger charge is -2.16. The fourth-order valence-corrected chi connectivity index (χ4v) is 4.04. The molecular formula is C25H19F2N3. The Labute approximate surface area is 173 Å². The van der Waals surface area contributed by atoms with Crippen molar-refractivity contribution in [2.24, 2.45) is 0 Å². The molecule has 0 saturated carbocycles. The van der Waals surface area contributed by atoms with Crippen molar-refractivity contribution in [1.29, 1.82) is 0 Å². The standard InChI is InChI=1S/C25H19F2N3/c1-30-11-9-19(17-7-8-20-16(12-17)4-2-5-23(20)26)21-14-24(27)22(13-18(21)15-30)25-6-3-10-28-29-25/h2-10,12-14H,11,15H2,1H3. The second kappa shape index (κ2) is 7.43. The van der Waals surface area contributed by atoms with Crippen LogP contribution in [-0.2, 0) is 6.54 Å². The molecule has 0 aliphatic carbocycles. The van der Waals surface area contributed by atoms with Crippen molar-refractivity contribution in [3.05, 3.63) is 101 Å². The van der Waals surface area contributed by atoms with Crippen LogP contribution in [0.4, 0.5) is 8.78 Å². The minimum absolute atomic E-state index is 0.242. The van der Waals surface area contributed by atoms with E-state index in [2.05, 4.69) is 21.2 Å². The lowest BCUT2D eigenvalue weighted by molar-refractivity contribution is 0.365. The second-order valence-electron chi connectivity index (χ2n) is 7.59. The van der Waals surface area contributed by atoms with Crippen molar-refractivity contribution in [2.75, 3.05) is 13.6 Å². The van der Waals surface area contributed by atoms with Crippen LogP contribution in [0.1, 0.15) is 16.7 Å². The van der Waals surface area contributed by atoms with Gasteiger partial charge in [0.25, 0.3) is 0 Å². The van der Waals surface area contributed by atoms with E-state index in [0.717, 1.165) is 34.2 Å². The van der Waals surface area contributed by atoms with Crippen molar-refractivity contribution in [1.82, 2.24) is 15.1 Å². The monoisotopic (exact) mass is 399 g/mol. The SMILES string of the molecule is CN1CC=C(c2ccc3c(F)cccc3c2)c2cc(F)c(-c3cccnn3)cc2C1. The molecule has 1 aromatic heterocycles. The lowest BCUT2D eigenvalue weighted by atomic mass is 9.91. The van der Waals surface area contributed by atoms with E-state index >= 15 is 4.39 Å². The summed E-state index contributed by atoms with van der Waals surface area (Å²) in [6.45, 7) is 1.42. The molecule has 0 bridgehead atoms. The van der Waals surface area contributed by atoms with E-state index in [4.69, 9.17) is 0 Å². The Morgan fingerprint density at radius 1 is 0.900 bits per heavy atom. The highest BCUT2D eigenvalue weighted by Gasteiger charge is 2.20. The van der Waals surface area contributed by atoms with Gasteiger partial charge in [0, 0.05) is 30.2 Å². The number of nitrogens with zero attached hydrogens (tertiary/aromatic N) is 3. The second-order valence-corrected chi connectivity index (χ2v) is 7.59. The molecule has 0 saturated heterocycles. The first-order chi connectivity index (χ1) is 14.6. The maximum absolute atomic E-state index is 15.1. The molecule has 0 amide bonds. The normalized spacial score (nSPS) is 14.3. The van der Waals surface area contributed by atoms with Crippen molar-refractivity contribution >= 4 is 16.3 Å². The Bertz CT molecular complexity index is 1280. The van der Waals surface area contributed by atoms with Crippen LogP contribution in [0.3, 0.4) is 0 Å². The molecule has 0 N–H and O–H groups in total. The molecule has 1 aliphatic rings. The summed E-state index contributed by atoms with van der Waals surface area (Å²) in [5, 5.41) is 9.35. The Balaban J connectivity index is 1.67. The van der Waals surface area contributed by atoms with Gasteiger partial charge in [-0.1, -0.05) is 30.3 Å². The van der Waals surface area contributed by atoms with E-state index in [-0.39, 0.29) is 11.6 Å². The summed E-state index contributed by atoms with van der Waals surface area (Å²) < 4.78 is 29.2. The van der Waals surface area contributed by atoms with Crippen LogP contribution in [0.15, 0.2) is 72.9 Å². The van der Waals surface area contributed by atoms with Gasteiger partial charge < -0.3 is 0 Å². The molecule has 2 heterocycles. The highest BCUT2D eigenvalue weighted by molar-refractivity contribution is 5.91. The van der Waals surface area contributed by atoms with Crippen molar-refractivity contribution in [3.8, 4) is 11.3 Å². The molecule has 4 aromatic rings. The van der Waals surface area contributed by atoms with Gasteiger partial charge in [0.1, 0.15) is 11.6 Å². The van der Waals surface area contributed by atoms with Gasteiger partial charge in [-0.2, -0.15) is 10.2 Å². The zero-order valence-corrected chi connectivity index (χ0v) is 16.4. The summed E-state index contributed by atoms with van der Waals surface area (Å²) in [7, 11) is 2.03. The fraction of sp³-hybridized carbons (Fsp3) is 0.120. The summed E-state index contributed by atoms with van der Waals surface area (Å²) >= 11 is 0. The van der Waals surface area contributed by atoms with E-state index in [1.54, 1.807) is 36.5 Å². The molecular weight excluding hydrogens is 380 g/mol. The van der Waals surface area contributed by atoms with Crippen LogP contribution < -0.4 is 0 Å². The highest BCUT2D eigenvalue weighted by Crippen LogP contribution is 2.35. The highest BCUT2D eigenvalue weighted by atomic mass is 19.1. The van der Waals surface area contributed by atoms with Crippen LogP contribution in [0.2, 0.25) is 0 Å². The Kier molecular flexibility index (Phi) is 4.60. The summed E-state index contributed by atoms with van der Waals surface area (Å²) in [6, 6.07) is 17.7. The number of hydrogen-bond acceptors (Lipinski definition) is 3. The molecule has 5 rings (SSSR count). The third kappa shape index (κ3) is 3.27. The number of aromatic nitrogens is 2. The molecule has 5 heteroatoms. The molecule has 3 aromatic carbocycles. The van der Waals surface area contributed by atoms with Crippen molar-refractivity contribution in [3.63, 3.8) is 0 Å². The Hall–Kier alpha value is -3.44. The van der Waals surface area contributed by atoms with Crippen molar-refractivity contribution < 1.29 is 8.78 Å². The van der Waals surface area contributed by atoms with Crippen LogP contribution in [-0.4, -0.2) is 28.7 Å². The predicted molar refractivity (Wildman–Crippen MR) is 115 cm³/mol. The summed E-state index contributed by atoms with van der Waals surface area (Å²) in [6.07, 6.45) is 3.68. The summed E-state index contributed by atoms with van der Waals surface area (Å²) in [5.74, 6) is -0.578. The van der Waals surface area contributed by atoms with Gasteiger partial charge in [-0.3, -0.25) is 4.90 Å². The van der Waals surface area contributed by atoms with E-state index in [0.29, 0.717) is 23.2 Å². The van der Waals surface area contributed by atoms with E-state index < -0.39 is 0 Å². The first-order valence-electron chi connectivity index (χ1n) is 9.78. The summed E-state index contributed by atoms with van der Waals surface area (Å²) in [5.41, 5.74) is 4.71. The van der Waals surface area contributed by atoms with Crippen LogP contribution in [0.25, 0.3) is 27.6 Å². The first kappa shape index (κ1) is 18.6. The smallest absolute Gasteiger partial charge is 0.133 e. The number of halogens is 2. The molecule has 0 atom stereocenters. The zero-order chi connectivity index (χ0) is 20.7. The van der Waals surface area contributed by atoms with Crippen LogP contribution in [0, 0.1) is 11.6 Å². The van der Waals surface area contributed by atoms with E-state index in [1.165, 1.54) is 6.07 Å². The molecule has 0 radical (unpaired) electrons. The van der Waals surface area contributed by atoms with Gasteiger partial charge >= 0.3 is 0 Å². The molecule has 0 spiro atoms. The zero-order valence-electron chi connectivity index (χ0n) is 16.4. The summed E-state index contributed by atoms with van der Waals surface area (Å²) in [4.78, 5) is 2.17. The maximum atomic E-state index is 15.1. The number of fused-ring (bicyclic) bond motifs is 2. The lowest BCUT2D eigenvalue weighted by Crippen LogP contribution is -2.16. The topological polar surface area (TPSA) is 29.0 Å². The largest absolute Gasteiger partial charge is 0.298 e. The van der Waals surface area contributed by atoms with Gasteiger partial charge in [0.05, 0.1) is 5.69 Å². The van der Waals surface area contributed by atoms with E-state index in [9.17, 15) is 4.39 Å². The van der Waals surface area contributed by atoms with Gasteiger partial charge in [-0.05, 0) is 71.1 Å². The van der Waals surface area contributed by atoms with Crippen LogP contribution in [0.5, 0.6) is 0 Å². The van der Waals surface area contributed by atoms with Crippen LogP contribution >= 0.6 is 0 Å². The predicted octanol–water partition coefficient (Wildman–Crippen LogP) is 5.45. The van der Waals surface area contributed by atoms with Gasteiger partial charge in [-0.25, -0.2) is 8.78 Å². The molecule has 30 heavy (non-hydrogen) atoms. The van der Waals surface area contributed by atoms with Gasteiger partial charge in [0.15, 0.2) is 0 Å². The third-order valence-electron chi connectivity index (χ3n) is 5.52. The molecule has 0 fully saturated rings. The average Bonchev–Trinajstić information content (AvgIpc) is 2.91. The maximum Gasteiger partial charge on any atom is 0.133 e. The van der Waals surface area contributed by atoms with Crippen molar-refractivity contribution in [2.45, 2.75) is 6.54 Å². The molecule has 1 aliphatic heterocycles. The van der Waals surface area contributed by atoms with E-state index in [1.807, 2.05) is 31.3 Å². The minimum atomic E-state index is -0.337. The Morgan fingerprint density at radius 3 is 2.63 bits per heavy atom. The van der Waals surface area contributed by atoms with Gasteiger partial charge in [0.2, 0.25) is 0 Å². The fourth-order valence-electron chi connectivity index (χ4n) is 4.04. The molecule has 0 unspecified atom stereocenters. The number of likely N-dealkylation sites (N-methyl/N-ethyl adjacent to an activating group) is 1. The first-order valence-corrected chi connectivity index (χ1v) is 9.78. The molecule has 3 nitrogen and oxygen atoms in total. The minimum Gasteiger partial charge on any atom is -0.298 e. The third-order valence-corrected chi connectivity index (χ3v) is 5.52. The number of hydrogen-bond donors (Lipinski definition) is 0. The molecule has 148 valence electrons. The average molecular weight is 399 g/mol. The van der Waals surface area contributed by atoms with Gasteiger partial charge in [-0.15, -0.1) is 0 Å². The Morgan fingerprint density at radius 2 is 1.80 bits per heavy atom. The number of rotatable bonds is 2. The quantitative estimate of drug-likeness (QED) is 0.449. The number of benzene rings is 3.